The Morgan fingerprint density at radius 3 is 2.56 bits per heavy atom. The van der Waals surface area contributed by atoms with Gasteiger partial charge in [0.2, 0.25) is 5.95 Å². The Morgan fingerprint density at radius 2 is 1.78 bits per heavy atom. The third-order valence-electron chi connectivity index (χ3n) is 5.62. The Morgan fingerprint density at radius 1 is 1.00 bits per heavy atom. The number of benzene rings is 1. The summed E-state index contributed by atoms with van der Waals surface area (Å²) in [4.78, 5) is 23.4. The number of anilines is 2. The van der Waals surface area contributed by atoms with Gasteiger partial charge in [-0.1, -0.05) is 52.7 Å². The van der Waals surface area contributed by atoms with Crippen molar-refractivity contribution in [2.24, 2.45) is 0 Å². The molecule has 32 heavy (non-hydrogen) atoms. The summed E-state index contributed by atoms with van der Waals surface area (Å²) in [7, 11) is 0. The first kappa shape index (κ1) is 22.0. The van der Waals surface area contributed by atoms with E-state index >= 15 is 0 Å². The van der Waals surface area contributed by atoms with E-state index in [9.17, 15) is 4.55 Å². The first-order valence-electron chi connectivity index (χ1n) is 10.6. The number of rotatable bonds is 5. The third-order valence-corrected chi connectivity index (χ3v) is 8.29. The van der Waals surface area contributed by atoms with Crippen molar-refractivity contribution in [3.05, 3.63) is 41.2 Å². The van der Waals surface area contributed by atoms with Gasteiger partial charge < -0.3 is 19.7 Å². The lowest BCUT2D eigenvalue weighted by molar-refractivity contribution is 0.578. The maximum Gasteiger partial charge on any atom is 0.228 e. The molecule has 0 bridgehead atoms. The van der Waals surface area contributed by atoms with Crippen LogP contribution in [0.5, 0.6) is 0 Å². The van der Waals surface area contributed by atoms with Gasteiger partial charge in [-0.25, -0.2) is 15.0 Å². The molecule has 2 saturated heterocycles. The second-order valence-corrected chi connectivity index (χ2v) is 10.7. The monoisotopic (exact) mass is 489 g/mol. The van der Waals surface area contributed by atoms with Gasteiger partial charge in [0.1, 0.15) is 33.9 Å². The van der Waals surface area contributed by atoms with Crippen LogP contribution in [0.3, 0.4) is 0 Å². The molecule has 3 aromatic rings. The van der Waals surface area contributed by atoms with Crippen molar-refractivity contribution in [3.8, 4) is 0 Å². The average molecular weight is 490 g/mol. The first-order valence-corrected chi connectivity index (χ1v) is 13.5. The zero-order valence-electron chi connectivity index (χ0n) is 17.5. The van der Waals surface area contributed by atoms with Gasteiger partial charge in [0.05, 0.1) is 13.1 Å². The molecule has 0 aliphatic carbocycles. The molecule has 0 unspecified atom stereocenters. The van der Waals surface area contributed by atoms with E-state index in [1.807, 2.05) is 24.3 Å². The van der Waals surface area contributed by atoms with E-state index in [-0.39, 0.29) is 0 Å². The Labute approximate surface area is 199 Å². The van der Waals surface area contributed by atoms with Crippen LogP contribution in [-0.2, 0) is 16.9 Å². The number of aromatic nitrogens is 4. The summed E-state index contributed by atoms with van der Waals surface area (Å²) in [5.74, 6) is 3.50. The van der Waals surface area contributed by atoms with E-state index in [0.717, 1.165) is 58.6 Å². The summed E-state index contributed by atoms with van der Waals surface area (Å²) < 4.78 is 11.9. The van der Waals surface area contributed by atoms with Crippen LogP contribution in [0.25, 0.3) is 11.0 Å². The van der Waals surface area contributed by atoms with E-state index in [1.54, 1.807) is 18.1 Å². The number of thioether (sulfide) groups is 1. The topological polar surface area (TPSA) is 93.1 Å². The quantitative estimate of drug-likeness (QED) is 0.329. The number of hydrogen-bond donors (Lipinski definition) is 1. The maximum absolute atomic E-state index is 11.9. The van der Waals surface area contributed by atoms with Crippen LogP contribution in [0.4, 0.5) is 11.8 Å². The summed E-state index contributed by atoms with van der Waals surface area (Å²) in [6.45, 7) is 4.91. The van der Waals surface area contributed by atoms with Crippen molar-refractivity contribution in [2.75, 3.05) is 60.6 Å². The molecule has 1 N–H and O–H groups in total. The van der Waals surface area contributed by atoms with Crippen LogP contribution >= 0.6 is 23.4 Å². The molecule has 2 aliphatic rings. The smallest absolute Gasteiger partial charge is 0.228 e. The van der Waals surface area contributed by atoms with Gasteiger partial charge in [0.25, 0.3) is 0 Å². The largest absolute Gasteiger partial charge is 0.616 e. The van der Waals surface area contributed by atoms with Gasteiger partial charge >= 0.3 is 0 Å². The first-order chi connectivity index (χ1) is 15.7. The molecule has 2 fully saturated rings. The lowest BCUT2D eigenvalue weighted by atomic mass is 10.2. The lowest BCUT2D eigenvalue weighted by Crippen LogP contribution is -2.45. The SMILES string of the molecule is [O-][S+]1CCN(c2nc(N3CCNCC3)nc3c(SCc4ccccc4Cl)ncnc23)CC1. The van der Waals surface area contributed by atoms with Gasteiger partial charge in [-0.05, 0) is 11.6 Å². The number of piperazine rings is 1. The highest BCUT2D eigenvalue weighted by molar-refractivity contribution is 7.98. The zero-order chi connectivity index (χ0) is 21.9. The van der Waals surface area contributed by atoms with Gasteiger partial charge in [-0.3, -0.25) is 0 Å². The summed E-state index contributed by atoms with van der Waals surface area (Å²) in [5, 5.41) is 4.94. The van der Waals surface area contributed by atoms with E-state index in [4.69, 9.17) is 21.6 Å². The Kier molecular flexibility index (Phi) is 6.84. The van der Waals surface area contributed by atoms with Crippen LogP contribution in [0.1, 0.15) is 5.56 Å². The Hall–Kier alpha value is -1.85. The van der Waals surface area contributed by atoms with E-state index in [0.29, 0.717) is 36.3 Å². The minimum atomic E-state index is -0.762. The van der Waals surface area contributed by atoms with Crippen molar-refractivity contribution < 1.29 is 4.55 Å². The van der Waals surface area contributed by atoms with Crippen LogP contribution in [0.15, 0.2) is 35.6 Å². The van der Waals surface area contributed by atoms with Crippen LogP contribution < -0.4 is 15.1 Å². The van der Waals surface area contributed by atoms with Crippen LogP contribution in [-0.4, -0.2) is 75.3 Å². The fourth-order valence-corrected chi connectivity index (χ4v) is 6.12. The second-order valence-electron chi connectivity index (χ2n) is 7.68. The lowest BCUT2D eigenvalue weighted by Gasteiger charge is -2.31. The minimum Gasteiger partial charge on any atom is -0.616 e. The zero-order valence-corrected chi connectivity index (χ0v) is 19.9. The molecule has 1 aromatic carbocycles. The normalized spacial score (nSPS) is 17.8. The molecule has 4 heterocycles. The predicted octanol–water partition coefficient (Wildman–Crippen LogP) is 2.34. The average Bonchev–Trinajstić information content (AvgIpc) is 2.84. The van der Waals surface area contributed by atoms with E-state index in [2.05, 4.69) is 25.1 Å². The molecule has 0 spiro atoms. The van der Waals surface area contributed by atoms with Crippen molar-refractivity contribution in [1.82, 2.24) is 25.3 Å². The van der Waals surface area contributed by atoms with E-state index < -0.39 is 11.2 Å². The number of nitrogens with zero attached hydrogens (tertiary/aromatic N) is 6. The van der Waals surface area contributed by atoms with Gasteiger partial charge in [0.15, 0.2) is 5.82 Å². The summed E-state index contributed by atoms with van der Waals surface area (Å²) >= 11 is 7.20. The molecular weight excluding hydrogens is 466 g/mol. The standard InChI is InChI=1S/C21H24ClN7OS2/c22-16-4-2-1-3-15(16)13-31-20-18-17(24-14-25-20)19(28-9-11-32(30)12-10-28)27-21(26-18)29-7-5-23-6-8-29/h1-4,14,23H,5-13H2. The third kappa shape index (κ3) is 4.74. The van der Waals surface area contributed by atoms with Gasteiger partial charge in [0, 0.05) is 37.0 Å². The number of halogens is 1. The molecule has 8 nitrogen and oxygen atoms in total. The maximum atomic E-state index is 11.9. The fourth-order valence-electron chi connectivity index (χ4n) is 3.84. The molecule has 2 aromatic heterocycles. The number of nitrogens with one attached hydrogen (secondary N) is 1. The molecule has 0 saturated carbocycles. The highest BCUT2D eigenvalue weighted by Crippen LogP contribution is 2.33. The molecule has 0 radical (unpaired) electrons. The fraction of sp³-hybridized carbons (Fsp3) is 0.429. The molecule has 2 aliphatic heterocycles. The molecule has 5 rings (SSSR count). The summed E-state index contributed by atoms with van der Waals surface area (Å²) in [6.07, 6.45) is 1.58. The Bertz CT molecular complexity index is 1090. The van der Waals surface area contributed by atoms with Crippen LogP contribution in [0.2, 0.25) is 5.02 Å². The molecule has 0 amide bonds. The molecule has 0 atom stereocenters. The summed E-state index contributed by atoms with van der Waals surface area (Å²) in [5.41, 5.74) is 2.56. The second kappa shape index (κ2) is 9.96. The van der Waals surface area contributed by atoms with Gasteiger partial charge in [-0.15, -0.1) is 0 Å². The Balaban J connectivity index is 1.54. The summed E-state index contributed by atoms with van der Waals surface area (Å²) in [6, 6.07) is 7.85. The number of hydrogen-bond acceptors (Lipinski definition) is 9. The molecule has 11 heteroatoms. The van der Waals surface area contributed by atoms with Crippen molar-refractivity contribution >= 4 is 57.3 Å². The highest BCUT2D eigenvalue weighted by atomic mass is 35.5. The molecular formula is C21H24ClN7OS2. The van der Waals surface area contributed by atoms with E-state index in [1.165, 1.54) is 0 Å². The minimum absolute atomic E-state index is 0.646. The number of fused-ring (bicyclic) bond motifs is 1. The van der Waals surface area contributed by atoms with Crippen molar-refractivity contribution in [1.29, 1.82) is 0 Å². The predicted molar refractivity (Wildman–Crippen MR) is 131 cm³/mol. The van der Waals surface area contributed by atoms with Crippen LogP contribution in [0, 0.1) is 0 Å². The highest BCUT2D eigenvalue weighted by Gasteiger charge is 2.26. The van der Waals surface area contributed by atoms with Crippen molar-refractivity contribution in [2.45, 2.75) is 10.8 Å². The molecule has 168 valence electrons. The van der Waals surface area contributed by atoms with Gasteiger partial charge in [-0.2, -0.15) is 4.98 Å². The van der Waals surface area contributed by atoms with Crippen molar-refractivity contribution in [3.63, 3.8) is 0 Å².